The van der Waals surface area contributed by atoms with Crippen molar-refractivity contribution < 1.29 is 23.8 Å². The number of amides is 3. The molecule has 188 valence electrons. The highest BCUT2D eigenvalue weighted by Gasteiger charge is 2.54. The summed E-state index contributed by atoms with van der Waals surface area (Å²) in [6, 6.07) is 19.8. The number of nitrogens with one attached hydrogen (secondary N) is 1. The molecule has 2 fully saturated rings. The number of rotatable bonds is 4. The normalized spacial score (nSPS) is 20.3. The van der Waals surface area contributed by atoms with E-state index in [-0.39, 0.29) is 48.9 Å². The molecule has 3 amide bonds. The number of nitrogens with zero attached hydrogens (tertiary/aromatic N) is 2. The quantitative estimate of drug-likeness (QED) is 0.539. The lowest BCUT2D eigenvalue weighted by Gasteiger charge is -2.58. The Labute approximate surface area is 214 Å². The van der Waals surface area contributed by atoms with Crippen molar-refractivity contribution in [3.8, 4) is 17.6 Å². The van der Waals surface area contributed by atoms with E-state index >= 15 is 0 Å². The van der Waals surface area contributed by atoms with Crippen LogP contribution in [0.25, 0.3) is 0 Å². The Morgan fingerprint density at radius 1 is 1.05 bits per heavy atom. The highest BCUT2D eigenvalue weighted by atomic mass is 19.1. The van der Waals surface area contributed by atoms with Crippen LogP contribution in [-0.4, -0.2) is 65.7 Å². The number of halogens is 1. The summed E-state index contributed by atoms with van der Waals surface area (Å²) in [6.07, 6.45) is 0. The molecule has 0 spiro atoms. The number of hydrogen-bond acceptors (Lipinski definition) is 4. The first-order valence-corrected chi connectivity index (χ1v) is 12.0. The van der Waals surface area contributed by atoms with E-state index in [1.807, 2.05) is 30.3 Å². The maximum atomic E-state index is 13.1. The van der Waals surface area contributed by atoms with E-state index in [9.17, 15) is 19.1 Å². The molecule has 3 atom stereocenters. The van der Waals surface area contributed by atoms with Crippen molar-refractivity contribution in [1.82, 2.24) is 9.80 Å². The molecule has 2 N–H and O–H groups in total. The number of methoxy groups -OCH3 is 1. The van der Waals surface area contributed by atoms with Crippen LogP contribution in [0.1, 0.15) is 22.6 Å². The second-order valence-corrected chi connectivity index (χ2v) is 9.03. The Bertz CT molecular complexity index is 1360. The van der Waals surface area contributed by atoms with Crippen molar-refractivity contribution in [1.29, 1.82) is 0 Å². The fourth-order valence-corrected chi connectivity index (χ4v) is 5.06. The molecule has 3 aromatic carbocycles. The summed E-state index contributed by atoms with van der Waals surface area (Å²) < 4.78 is 18.4. The van der Waals surface area contributed by atoms with Gasteiger partial charge in [-0.2, -0.15) is 0 Å². The molecule has 7 nitrogen and oxygen atoms in total. The lowest BCUT2D eigenvalue weighted by Crippen LogP contribution is -2.73. The van der Waals surface area contributed by atoms with Crippen LogP contribution < -0.4 is 10.1 Å². The van der Waals surface area contributed by atoms with Crippen LogP contribution in [-0.2, 0) is 4.79 Å². The van der Waals surface area contributed by atoms with Crippen LogP contribution in [0.5, 0.6) is 5.75 Å². The van der Waals surface area contributed by atoms with E-state index in [1.165, 1.54) is 24.1 Å². The third-order valence-corrected chi connectivity index (χ3v) is 6.88. The van der Waals surface area contributed by atoms with Gasteiger partial charge in [0.1, 0.15) is 18.1 Å². The van der Waals surface area contributed by atoms with E-state index in [2.05, 4.69) is 17.2 Å². The maximum absolute atomic E-state index is 13.1. The van der Waals surface area contributed by atoms with Gasteiger partial charge in [-0.25, -0.2) is 9.18 Å². The predicted molar refractivity (Wildman–Crippen MR) is 137 cm³/mol. The summed E-state index contributed by atoms with van der Waals surface area (Å²) in [5.74, 6) is 6.00. The number of anilines is 1. The van der Waals surface area contributed by atoms with Gasteiger partial charge in [-0.3, -0.25) is 4.79 Å². The number of aliphatic hydroxyl groups is 1. The second-order valence-electron chi connectivity index (χ2n) is 9.03. The number of ether oxygens (including phenoxy) is 1. The highest BCUT2D eigenvalue weighted by molar-refractivity contribution is 5.94. The summed E-state index contributed by atoms with van der Waals surface area (Å²) in [5.41, 5.74) is 3.00. The van der Waals surface area contributed by atoms with Gasteiger partial charge < -0.3 is 25.0 Å². The third-order valence-electron chi connectivity index (χ3n) is 6.88. The lowest BCUT2D eigenvalue weighted by molar-refractivity contribution is -0.159. The van der Waals surface area contributed by atoms with Gasteiger partial charge in [0, 0.05) is 23.6 Å². The molecule has 2 aliphatic rings. The summed E-state index contributed by atoms with van der Waals surface area (Å²) in [7, 11) is 1.53. The SMILES string of the molecule is COc1ccccc1NC(=O)N1CC(=O)N2[C@H](CO)[C@H](c3ccc(C#Cc4ccc(F)cc4)cc3)[C@@H]2C1. The number of para-hydroxylation sites is 2. The molecule has 2 saturated heterocycles. The second kappa shape index (κ2) is 10.3. The number of benzene rings is 3. The van der Waals surface area contributed by atoms with E-state index in [1.54, 1.807) is 35.2 Å². The molecule has 5 rings (SSSR count). The molecule has 8 heteroatoms. The highest BCUT2D eigenvalue weighted by Crippen LogP contribution is 2.43. The van der Waals surface area contributed by atoms with Gasteiger partial charge >= 0.3 is 6.03 Å². The fourth-order valence-electron chi connectivity index (χ4n) is 5.06. The largest absolute Gasteiger partial charge is 0.495 e. The van der Waals surface area contributed by atoms with Gasteiger partial charge in [0.25, 0.3) is 0 Å². The number of piperazine rings is 1. The van der Waals surface area contributed by atoms with Crippen LogP contribution in [0.3, 0.4) is 0 Å². The minimum atomic E-state index is -0.380. The zero-order valence-electron chi connectivity index (χ0n) is 20.2. The first kappa shape index (κ1) is 24.3. The van der Waals surface area contributed by atoms with Crippen LogP contribution >= 0.6 is 0 Å². The Morgan fingerprint density at radius 2 is 1.70 bits per heavy atom. The van der Waals surface area contributed by atoms with E-state index in [4.69, 9.17) is 4.74 Å². The van der Waals surface area contributed by atoms with Gasteiger partial charge in [-0.05, 0) is 54.1 Å². The van der Waals surface area contributed by atoms with Crippen LogP contribution in [0.4, 0.5) is 14.9 Å². The summed E-state index contributed by atoms with van der Waals surface area (Å²) >= 11 is 0. The summed E-state index contributed by atoms with van der Waals surface area (Å²) in [5, 5.41) is 12.9. The summed E-state index contributed by atoms with van der Waals surface area (Å²) in [4.78, 5) is 29.1. The molecule has 0 bridgehead atoms. The smallest absolute Gasteiger partial charge is 0.322 e. The molecule has 37 heavy (non-hydrogen) atoms. The predicted octanol–water partition coefficient (Wildman–Crippen LogP) is 3.44. The van der Waals surface area contributed by atoms with Gasteiger partial charge in [0.2, 0.25) is 5.91 Å². The molecular formula is C29H26FN3O4. The summed E-state index contributed by atoms with van der Waals surface area (Å²) in [6.45, 7) is 0.130. The van der Waals surface area contributed by atoms with Gasteiger partial charge in [-0.15, -0.1) is 0 Å². The van der Waals surface area contributed by atoms with E-state index in [0.29, 0.717) is 23.5 Å². The molecule has 0 saturated carbocycles. The molecule has 3 aromatic rings. The molecule has 2 aliphatic heterocycles. The Morgan fingerprint density at radius 3 is 2.35 bits per heavy atom. The first-order chi connectivity index (χ1) is 18.0. The van der Waals surface area contributed by atoms with Crippen LogP contribution in [0.2, 0.25) is 0 Å². The Hall–Kier alpha value is -4.35. The molecule has 0 aromatic heterocycles. The zero-order chi connectivity index (χ0) is 25.9. The number of carbonyl (C=O) groups excluding carboxylic acids is 2. The number of fused-ring (bicyclic) bond motifs is 1. The molecule has 0 unspecified atom stereocenters. The van der Waals surface area contributed by atoms with Crippen molar-refractivity contribution >= 4 is 17.6 Å². The average molecular weight is 500 g/mol. The maximum Gasteiger partial charge on any atom is 0.322 e. The monoisotopic (exact) mass is 499 g/mol. The van der Waals surface area contributed by atoms with Crippen LogP contribution in [0.15, 0.2) is 72.8 Å². The van der Waals surface area contributed by atoms with Crippen molar-refractivity contribution in [2.45, 2.75) is 18.0 Å². The zero-order valence-corrected chi connectivity index (χ0v) is 20.2. The number of hydrogen-bond donors (Lipinski definition) is 2. The van der Waals surface area contributed by atoms with Gasteiger partial charge in [-0.1, -0.05) is 36.1 Å². The molecule has 0 aliphatic carbocycles. The number of aliphatic hydroxyl groups excluding tert-OH is 1. The minimum absolute atomic E-state index is 0.0569. The third kappa shape index (κ3) is 4.86. The molecular weight excluding hydrogens is 473 g/mol. The van der Waals surface area contributed by atoms with Crippen molar-refractivity contribution in [3.63, 3.8) is 0 Å². The fraction of sp³-hybridized carbons (Fsp3) is 0.241. The van der Waals surface area contributed by atoms with Crippen LogP contribution in [0, 0.1) is 17.7 Å². The lowest BCUT2D eigenvalue weighted by atomic mass is 9.73. The van der Waals surface area contributed by atoms with Gasteiger partial charge in [0.15, 0.2) is 0 Å². The minimum Gasteiger partial charge on any atom is -0.495 e. The van der Waals surface area contributed by atoms with Crippen molar-refractivity contribution in [2.24, 2.45) is 0 Å². The van der Waals surface area contributed by atoms with Crippen molar-refractivity contribution in [3.05, 3.63) is 95.3 Å². The molecule has 0 radical (unpaired) electrons. The standard InChI is InChI=1S/C29H26FN3O4/c1-37-26-5-3-2-4-23(26)31-29(36)32-16-24-28(25(18-34)33(24)27(35)17-32)21-12-8-19(9-13-21)6-7-20-10-14-22(30)15-11-20/h2-5,8-15,24-25,28,34H,16-18H2,1H3,(H,31,36)/t24-,25+,28+/m0/s1. The number of carbonyl (C=O) groups is 2. The molecule has 2 heterocycles. The van der Waals surface area contributed by atoms with E-state index < -0.39 is 0 Å². The average Bonchev–Trinajstić information content (AvgIpc) is 2.90. The topological polar surface area (TPSA) is 82.1 Å². The Kier molecular flexibility index (Phi) is 6.80. The van der Waals surface area contributed by atoms with Crippen molar-refractivity contribution in [2.75, 3.05) is 32.1 Å². The number of urea groups is 1. The first-order valence-electron chi connectivity index (χ1n) is 12.0. The van der Waals surface area contributed by atoms with E-state index in [0.717, 1.165) is 11.1 Å². The Balaban J connectivity index is 1.31. The van der Waals surface area contributed by atoms with Gasteiger partial charge in [0.05, 0.1) is 31.5 Å².